The summed E-state index contributed by atoms with van der Waals surface area (Å²) in [5, 5.41) is 69.2. The number of aliphatic hydroxyl groups is 7. The number of ether oxygens (including phenoxy) is 5. The first-order valence-electron chi connectivity index (χ1n) is 9.06. The van der Waals surface area contributed by atoms with Crippen LogP contribution in [0.3, 0.4) is 0 Å². The molecule has 0 aromatic heterocycles. The average molecular weight is 424 g/mol. The molecule has 2 saturated heterocycles. The molecule has 0 aromatic carbocycles. The lowest BCUT2D eigenvalue weighted by molar-refractivity contribution is -0.359. The van der Waals surface area contributed by atoms with Crippen molar-refractivity contribution in [3.05, 3.63) is 0 Å². The molecule has 0 bridgehead atoms. The van der Waals surface area contributed by atoms with Gasteiger partial charge in [-0.3, -0.25) is 0 Å². The molecule has 10 unspecified atom stereocenters. The summed E-state index contributed by atoms with van der Waals surface area (Å²) in [7, 11) is 0. The van der Waals surface area contributed by atoms with Gasteiger partial charge in [0.05, 0.1) is 26.4 Å². The Kier molecular flexibility index (Phi) is 9.63. The smallest absolute Gasteiger partial charge is 0.187 e. The van der Waals surface area contributed by atoms with Gasteiger partial charge in [-0.05, 0) is 0 Å². The summed E-state index contributed by atoms with van der Waals surface area (Å²) < 4.78 is 26.4. The third kappa shape index (κ3) is 5.82. The van der Waals surface area contributed by atoms with E-state index in [-0.39, 0.29) is 19.8 Å². The fourth-order valence-corrected chi connectivity index (χ4v) is 3.05. The van der Waals surface area contributed by atoms with Crippen LogP contribution in [0.15, 0.2) is 0 Å². The number of hydrogen-bond acceptors (Lipinski definition) is 12. The van der Waals surface area contributed by atoms with Crippen LogP contribution >= 0.6 is 0 Å². The van der Waals surface area contributed by atoms with Gasteiger partial charge in [0, 0.05) is 0 Å². The fraction of sp³-hybridized carbons (Fsp3) is 0.882. The van der Waals surface area contributed by atoms with Gasteiger partial charge >= 0.3 is 0 Å². The monoisotopic (exact) mass is 424 g/mol. The minimum absolute atomic E-state index is 0.00743. The summed E-state index contributed by atoms with van der Waals surface area (Å²) in [6.07, 6.45) is -9.83. The summed E-state index contributed by atoms with van der Waals surface area (Å²) in [5.41, 5.74) is 0. The first-order chi connectivity index (χ1) is 13.8. The molecule has 2 aliphatic rings. The van der Waals surface area contributed by atoms with E-state index < -0.39 is 74.6 Å². The van der Waals surface area contributed by atoms with Crippen molar-refractivity contribution in [1.29, 1.82) is 0 Å². The lowest BCUT2D eigenvalue weighted by atomic mass is 9.97. The van der Waals surface area contributed by atoms with E-state index in [1.807, 2.05) is 0 Å². The number of aliphatic hydroxyl groups excluding tert-OH is 7. The molecule has 12 nitrogen and oxygen atoms in total. The zero-order valence-electron chi connectivity index (χ0n) is 15.6. The Morgan fingerprint density at radius 3 is 2.00 bits per heavy atom. The topological polar surface area (TPSA) is 188 Å². The van der Waals surface area contributed by atoms with Crippen LogP contribution in [-0.2, 0) is 23.7 Å². The SMILES string of the molecule is C#CCOCCOC1OC(CO)C(OC2OC(CO)C(O)C(O)C2O)C(O)C1O. The van der Waals surface area contributed by atoms with Crippen LogP contribution in [0.4, 0.5) is 0 Å². The van der Waals surface area contributed by atoms with Crippen LogP contribution in [0.2, 0.25) is 0 Å². The van der Waals surface area contributed by atoms with Crippen LogP contribution in [-0.4, -0.2) is 130 Å². The third-order valence-electron chi connectivity index (χ3n) is 4.66. The van der Waals surface area contributed by atoms with Gasteiger partial charge in [0.15, 0.2) is 12.6 Å². The second-order valence-corrected chi connectivity index (χ2v) is 6.63. The molecule has 12 heteroatoms. The van der Waals surface area contributed by atoms with Crippen molar-refractivity contribution in [3.8, 4) is 12.3 Å². The van der Waals surface area contributed by atoms with Crippen molar-refractivity contribution in [2.75, 3.05) is 33.0 Å². The number of hydrogen-bond donors (Lipinski definition) is 7. The normalized spacial score (nSPS) is 43.1. The van der Waals surface area contributed by atoms with Gasteiger partial charge in [0.25, 0.3) is 0 Å². The van der Waals surface area contributed by atoms with Crippen molar-refractivity contribution in [3.63, 3.8) is 0 Å². The van der Waals surface area contributed by atoms with Gasteiger partial charge < -0.3 is 59.4 Å². The van der Waals surface area contributed by atoms with E-state index in [4.69, 9.17) is 30.1 Å². The van der Waals surface area contributed by atoms with Gasteiger partial charge in [-0.2, -0.15) is 0 Å². The lowest BCUT2D eigenvalue weighted by Crippen LogP contribution is -2.64. The predicted octanol–water partition coefficient (Wildman–Crippen LogP) is -4.72. The van der Waals surface area contributed by atoms with Gasteiger partial charge in [-0.15, -0.1) is 6.42 Å². The van der Waals surface area contributed by atoms with E-state index in [0.29, 0.717) is 0 Å². The summed E-state index contributed by atoms with van der Waals surface area (Å²) in [6.45, 7) is -1.13. The zero-order valence-corrected chi connectivity index (χ0v) is 15.6. The Labute approximate surface area is 167 Å². The van der Waals surface area contributed by atoms with E-state index in [0.717, 1.165) is 0 Å². The second kappa shape index (κ2) is 11.5. The molecule has 0 aromatic rings. The van der Waals surface area contributed by atoms with Crippen molar-refractivity contribution in [2.45, 2.75) is 61.4 Å². The molecule has 0 spiro atoms. The van der Waals surface area contributed by atoms with Crippen molar-refractivity contribution in [2.24, 2.45) is 0 Å². The molecule has 2 rings (SSSR count). The van der Waals surface area contributed by atoms with Crippen LogP contribution < -0.4 is 0 Å². The maximum absolute atomic E-state index is 10.4. The summed E-state index contributed by atoms with van der Waals surface area (Å²) in [5.74, 6) is 2.27. The molecule has 7 N–H and O–H groups in total. The van der Waals surface area contributed by atoms with E-state index >= 15 is 0 Å². The maximum Gasteiger partial charge on any atom is 0.187 e. The van der Waals surface area contributed by atoms with Gasteiger partial charge in [0.1, 0.15) is 55.4 Å². The van der Waals surface area contributed by atoms with E-state index in [9.17, 15) is 35.7 Å². The largest absolute Gasteiger partial charge is 0.394 e. The van der Waals surface area contributed by atoms with Crippen LogP contribution in [0, 0.1) is 12.3 Å². The third-order valence-corrected chi connectivity index (χ3v) is 4.66. The molecule has 2 fully saturated rings. The Bertz CT molecular complexity index is 523. The fourth-order valence-electron chi connectivity index (χ4n) is 3.05. The number of rotatable bonds is 9. The van der Waals surface area contributed by atoms with Crippen LogP contribution in [0.25, 0.3) is 0 Å². The van der Waals surface area contributed by atoms with E-state index in [1.165, 1.54) is 0 Å². The molecule has 10 atom stereocenters. The molecule has 2 aliphatic heterocycles. The maximum atomic E-state index is 10.4. The van der Waals surface area contributed by atoms with Crippen molar-refractivity contribution >= 4 is 0 Å². The highest BCUT2D eigenvalue weighted by atomic mass is 16.7. The summed E-state index contributed by atoms with van der Waals surface area (Å²) >= 11 is 0. The highest BCUT2D eigenvalue weighted by Crippen LogP contribution is 2.29. The Balaban J connectivity index is 1.99. The Morgan fingerprint density at radius 2 is 1.38 bits per heavy atom. The van der Waals surface area contributed by atoms with Gasteiger partial charge in [0.2, 0.25) is 0 Å². The van der Waals surface area contributed by atoms with Crippen molar-refractivity contribution < 1.29 is 59.4 Å². The first kappa shape index (κ1) is 24.4. The molecule has 2 heterocycles. The molecule has 0 amide bonds. The number of terminal acetylenes is 1. The highest BCUT2D eigenvalue weighted by molar-refractivity contribution is 4.94. The average Bonchev–Trinajstić information content (AvgIpc) is 2.72. The molecule has 0 saturated carbocycles. The quantitative estimate of drug-likeness (QED) is 0.139. The van der Waals surface area contributed by atoms with Gasteiger partial charge in [-0.1, -0.05) is 5.92 Å². The van der Waals surface area contributed by atoms with Crippen LogP contribution in [0.1, 0.15) is 0 Å². The Morgan fingerprint density at radius 1 is 0.759 bits per heavy atom. The summed E-state index contributed by atoms with van der Waals surface area (Å²) in [6, 6.07) is 0. The summed E-state index contributed by atoms with van der Waals surface area (Å²) in [4.78, 5) is 0. The van der Waals surface area contributed by atoms with Gasteiger partial charge in [-0.25, -0.2) is 0 Å². The predicted molar refractivity (Wildman–Crippen MR) is 92.0 cm³/mol. The molecule has 29 heavy (non-hydrogen) atoms. The molecular weight excluding hydrogens is 396 g/mol. The Hall–Kier alpha value is -0.920. The second-order valence-electron chi connectivity index (χ2n) is 6.63. The molecule has 168 valence electrons. The lowest BCUT2D eigenvalue weighted by Gasteiger charge is -2.45. The minimum Gasteiger partial charge on any atom is -0.394 e. The minimum atomic E-state index is -1.72. The van der Waals surface area contributed by atoms with Crippen LogP contribution in [0.5, 0.6) is 0 Å². The molecule has 0 aliphatic carbocycles. The standard InChI is InChI=1S/C17H28O12/c1-2-3-25-4-5-26-16-14(24)12(22)15(9(7-19)28-16)29-17-13(23)11(21)10(20)8(6-18)27-17/h1,8-24H,3-7H2. The van der Waals surface area contributed by atoms with E-state index in [1.54, 1.807) is 0 Å². The molecule has 0 radical (unpaired) electrons. The van der Waals surface area contributed by atoms with Crippen molar-refractivity contribution in [1.82, 2.24) is 0 Å². The first-order valence-corrected chi connectivity index (χ1v) is 9.06. The molecular formula is C17H28O12. The van der Waals surface area contributed by atoms with E-state index in [2.05, 4.69) is 5.92 Å². The zero-order chi connectivity index (χ0) is 21.6. The highest BCUT2D eigenvalue weighted by Gasteiger charge is 2.50.